The highest BCUT2D eigenvalue weighted by atomic mass is 16.4. The average molecular weight is 315 g/mol. The third-order valence-electron chi connectivity index (χ3n) is 4.52. The Morgan fingerprint density at radius 1 is 1.17 bits per heavy atom. The van der Waals surface area contributed by atoms with E-state index in [1.54, 1.807) is 0 Å². The molecule has 1 aromatic carbocycles. The van der Waals surface area contributed by atoms with E-state index in [1.165, 1.54) is 0 Å². The van der Waals surface area contributed by atoms with Crippen molar-refractivity contribution in [1.29, 1.82) is 0 Å². The Balaban J connectivity index is 1.49. The number of carbonyl (C=O) groups is 2. The van der Waals surface area contributed by atoms with Gasteiger partial charge in [-0.05, 0) is 42.7 Å². The molecular formula is C17H21N3O3. The summed E-state index contributed by atoms with van der Waals surface area (Å²) in [5.74, 6) is -0.992. The number of carboxylic acid groups (broad SMARTS) is 1. The first kappa shape index (κ1) is 15.4. The number of rotatable bonds is 4. The lowest BCUT2D eigenvalue weighted by Gasteiger charge is -2.26. The van der Waals surface area contributed by atoms with Crippen LogP contribution in [0.5, 0.6) is 0 Å². The third-order valence-corrected chi connectivity index (χ3v) is 4.52. The molecule has 2 amide bonds. The van der Waals surface area contributed by atoms with Crippen LogP contribution in [0.1, 0.15) is 31.2 Å². The summed E-state index contributed by atoms with van der Waals surface area (Å²) in [6, 6.07) is 7.84. The zero-order chi connectivity index (χ0) is 16.2. The van der Waals surface area contributed by atoms with Crippen LogP contribution in [-0.2, 0) is 11.3 Å². The summed E-state index contributed by atoms with van der Waals surface area (Å²) < 4.78 is 0. The van der Waals surface area contributed by atoms with Gasteiger partial charge in [0, 0.05) is 18.8 Å². The quantitative estimate of drug-likeness (QED) is 0.698. The van der Waals surface area contributed by atoms with E-state index in [0.29, 0.717) is 19.4 Å². The number of para-hydroxylation sites is 1. The minimum atomic E-state index is -0.730. The van der Waals surface area contributed by atoms with Crippen LogP contribution in [0.4, 0.5) is 4.79 Å². The van der Waals surface area contributed by atoms with Gasteiger partial charge in [-0.25, -0.2) is 4.79 Å². The van der Waals surface area contributed by atoms with Gasteiger partial charge in [0.05, 0.1) is 11.4 Å². The molecule has 0 bridgehead atoms. The van der Waals surface area contributed by atoms with E-state index in [0.717, 1.165) is 29.3 Å². The molecule has 1 saturated carbocycles. The molecule has 1 aromatic heterocycles. The Hall–Kier alpha value is -2.50. The Kier molecular flexibility index (Phi) is 4.50. The molecule has 0 aliphatic heterocycles. The van der Waals surface area contributed by atoms with Gasteiger partial charge in [-0.1, -0.05) is 18.2 Å². The normalized spacial score (nSPS) is 21.0. The Bertz CT molecular complexity index is 702. The number of benzene rings is 1. The zero-order valence-electron chi connectivity index (χ0n) is 12.8. The summed E-state index contributed by atoms with van der Waals surface area (Å²) >= 11 is 0. The van der Waals surface area contributed by atoms with Crippen molar-refractivity contribution in [2.24, 2.45) is 5.92 Å². The molecule has 1 heterocycles. The molecule has 4 N–H and O–H groups in total. The van der Waals surface area contributed by atoms with Crippen molar-refractivity contribution >= 4 is 22.9 Å². The van der Waals surface area contributed by atoms with E-state index in [2.05, 4.69) is 15.6 Å². The van der Waals surface area contributed by atoms with Crippen LogP contribution in [0.15, 0.2) is 30.5 Å². The van der Waals surface area contributed by atoms with Crippen molar-refractivity contribution in [2.75, 3.05) is 0 Å². The van der Waals surface area contributed by atoms with E-state index >= 15 is 0 Å². The van der Waals surface area contributed by atoms with Gasteiger partial charge in [0.1, 0.15) is 0 Å². The summed E-state index contributed by atoms with van der Waals surface area (Å²) in [7, 11) is 0. The minimum Gasteiger partial charge on any atom is -0.481 e. The number of hydrogen-bond acceptors (Lipinski definition) is 2. The summed E-state index contributed by atoms with van der Waals surface area (Å²) in [4.78, 5) is 26.1. The molecule has 1 aliphatic rings. The predicted molar refractivity (Wildman–Crippen MR) is 87.1 cm³/mol. The second-order valence-corrected chi connectivity index (χ2v) is 6.07. The van der Waals surface area contributed by atoms with E-state index in [9.17, 15) is 9.59 Å². The molecule has 2 aromatic rings. The number of fused-ring (bicyclic) bond motifs is 1. The Morgan fingerprint density at radius 2 is 1.96 bits per heavy atom. The molecule has 3 rings (SSSR count). The molecule has 0 spiro atoms. The van der Waals surface area contributed by atoms with Crippen LogP contribution in [-0.4, -0.2) is 28.1 Å². The summed E-state index contributed by atoms with van der Waals surface area (Å²) in [5, 5.41) is 15.9. The van der Waals surface area contributed by atoms with E-state index in [4.69, 9.17) is 5.11 Å². The van der Waals surface area contributed by atoms with Crippen molar-refractivity contribution in [3.63, 3.8) is 0 Å². The zero-order valence-corrected chi connectivity index (χ0v) is 12.8. The predicted octanol–water partition coefficient (Wildman–Crippen LogP) is 2.61. The molecule has 0 saturated heterocycles. The van der Waals surface area contributed by atoms with Crippen LogP contribution in [0, 0.1) is 5.92 Å². The van der Waals surface area contributed by atoms with Crippen LogP contribution in [0.25, 0.3) is 10.9 Å². The maximum absolute atomic E-state index is 12.0. The van der Waals surface area contributed by atoms with Gasteiger partial charge in [-0.3, -0.25) is 4.79 Å². The highest BCUT2D eigenvalue weighted by Crippen LogP contribution is 2.24. The van der Waals surface area contributed by atoms with Crippen molar-refractivity contribution in [3.8, 4) is 0 Å². The van der Waals surface area contributed by atoms with E-state index in [-0.39, 0.29) is 18.0 Å². The number of carboxylic acids is 1. The SMILES string of the molecule is O=C(NCc1cccc2cc[nH]c12)NC1CCC(C(=O)O)CC1. The molecule has 0 radical (unpaired) electrons. The number of hydrogen-bond donors (Lipinski definition) is 4. The number of nitrogens with one attached hydrogen (secondary N) is 3. The molecule has 0 unspecified atom stereocenters. The molecule has 1 aliphatic carbocycles. The monoisotopic (exact) mass is 315 g/mol. The summed E-state index contributed by atoms with van der Waals surface area (Å²) in [5.41, 5.74) is 2.08. The Labute approximate surface area is 134 Å². The fraction of sp³-hybridized carbons (Fsp3) is 0.412. The van der Waals surface area contributed by atoms with Gasteiger partial charge in [0.15, 0.2) is 0 Å². The lowest BCUT2D eigenvalue weighted by atomic mass is 9.86. The second kappa shape index (κ2) is 6.73. The molecule has 23 heavy (non-hydrogen) atoms. The maximum atomic E-state index is 12.0. The van der Waals surface area contributed by atoms with Crippen LogP contribution < -0.4 is 10.6 Å². The van der Waals surface area contributed by atoms with Crippen LogP contribution in [0.3, 0.4) is 0 Å². The molecular weight excluding hydrogens is 294 g/mol. The van der Waals surface area contributed by atoms with Crippen LogP contribution in [0.2, 0.25) is 0 Å². The van der Waals surface area contributed by atoms with Gasteiger partial charge in [0.2, 0.25) is 0 Å². The van der Waals surface area contributed by atoms with Gasteiger partial charge in [-0.2, -0.15) is 0 Å². The highest BCUT2D eigenvalue weighted by molar-refractivity contribution is 5.83. The number of aromatic amines is 1. The molecule has 6 heteroatoms. The number of carbonyl (C=O) groups excluding carboxylic acids is 1. The first-order valence-electron chi connectivity index (χ1n) is 7.95. The fourth-order valence-corrected chi connectivity index (χ4v) is 3.19. The molecule has 0 atom stereocenters. The van der Waals surface area contributed by atoms with E-state index < -0.39 is 5.97 Å². The topological polar surface area (TPSA) is 94.2 Å². The third kappa shape index (κ3) is 3.64. The van der Waals surface area contributed by atoms with Gasteiger partial charge < -0.3 is 20.7 Å². The lowest BCUT2D eigenvalue weighted by Crippen LogP contribution is -2.43. The van der Waals surface area contributed by atoms with Gasteiger partial charge in [-0.15, -0.1) is 0 Å². The number of aromatic nitrogens is 1. The maximum Gasteiger partial charge on any atom is 0.315 e. The first-order chi connectivity index (χ1) is 11.1. The van der Waals surface area contributed by atoms with Crippen molar-refractivity contribution in [1.82, 2.24) is 15.6 Å². The second-order valence-electron chi connectivity index (χ2n) is 6.07. The van der Waals surface area contributed by atoms with Gasteiger partial charge >= 0.3 is 12.0 Å². The van der Waals surface area contributed by atoms with Gasteiger partial charge in [0.25, 0.3) is 0 Å². The van der Waals surface area contributed by atoms with Crippen molar-refractivity contribution < 1.29 is 14.7 Å². The lowest BCUT2D eigenvalue weighted by molar-refractivity contribution is -0.142. The summed E-state index contributed by atoms with van der Waals surface area (Å²) in [6.45, 7) is 0.453. The Morgan fingerprint density at radius 3 is 2.70 bits per heavy atom. The number of amides is 2. The number of H-pyrrole nitrogens is 1. The van der Waals surface area contributed by atoms with Crippen molar-refractivity contribution in [2.45, 2.75) is 38.3 Å². The standard InChI is InChI=1S/C17H21N3O3/c21-16(22)12-4-6-14(7-5-12)20-17(23)19-10-13-3-1-2-11-8-9-18-15(11)13/h1-3,8-9,12,14,18H,4-7,10H2,(H,21,22)(H2,19,20,23). The molecule has 6 nitrogen and oxygen atoms in total. The first-order valence-corrected chi connectivity index (χ1v) is 7.95. The largest absolute Gasteiger partial charge is 0.481 e. The molecule has 1 fully saturated rings. The van der Waals surface area contributed by atoms with E-state index in [1.807, 2.05) is 30.5 Å². The van der Waals surface area contributed by atoms with Crippen molar-refractivity contribution in [3.05, 3.63) is 36.0 Å². The average Bonchev–Trinajstić information content (AvgIpc) is 3.02. The number of urea groups is 1. The van der Waals surface area contributed by atoms with Crippen LogP contribution >= 0.6 is 0 Å². The summed E-state index contributed by atoms with van der Waals surface area (Å²) in [6.07, 6.45) is 4.58. The highest BCUT2D eigenvalue weighted by Gasteiger charge is 2.26. The smallest absolute Gasteiger partial charge is 0.315 e. The number of aliphatic carboxylic acids is 1. The fourth-order valence-electron chi connectivity index (χ4n) is 3.19. The molecule has 122 valence electrons. The minimum absolute atomic E-state index is 0.0619.